The SMILES string of the molecule is CCc1nn(C)c(CC)c1-c1cc(C)ccc1CNC. The fourth-order valence-electron chi connectivity index (χ4n) is 2.85. The Balaban J connectivity index is 2.69. The second kappa shape index (κ2) is 6.23. The molecule has 0 aliphatic carbocycles. The Morgan fingerprint density at radius 3 is 2.55 bits per heavy atom. The molecular formula is C17H25N3. The van der Waals surface area contributed by atoms with Crippen molar-refractivity contribution in [1.82, 2.24) is 15.1 Å². The van der Waals surface area contributed by atoms with E-state index in [1.807, 2.05) is 11.7 Å². The van der Waals surface area contributed by atoms with Crippen LogP contribution >= 0.6 is 0 Å². The van der Waals surface area contributed by atoms with Gasteiger partial charge in [0, 0.05) is 24.8 Å². The van der Waals surface area contributed by atoms with Crippen molar-refractivity contribution in [2.24, 2.45) is 7.05 Å². The quantitative estimate of drug-likeness (QED) is 0.904. The first-order chi connectivity index (χ1) is 9.62. The summed E-state index contributed by atoms with van der Waals surface area (Å²) in [6.07, 6.45) is 1.97. The number of nitrogens with one attached hydrogen (secondary N) is 1. The van der Waals surface area contributed by atoms with Crippen LogP contribution in [0.3, 0.4) is 0 Å². The highest BCUT2D eigenvalue weighted by Crippen LogP contribution is 2.32. The van der Waals surface area contributed by atoms with Gasteiger partial charge in [0.25, 0.3) is 0 Å². The van der Waals surface area contributed by atoms with E-state index in [-0.39, 0.29) is 0 Å². The van der Waals surface area contributed by atoms with Crippen molar-refractivity contribution in [3.63, 3.8) is 0 Å². The number of hydrogen-bond donors (Lipinski definition) is 1. The minimum absolute atomic E-state index is 0.886. The smallest absolute Gasteiger partial charge is 0.0703 e. The lowest BCUT2D eigenvalue weighted by atomic mass is 9.94. The fourth-order valence-corrected chi connectivity index (χ4v) is 2.85. The van der Waals surface area contributed by atoms with Crippen LogP contribution in [0.5, 0.6) is 0 Å². The molecule has 1 N–H and O–H groups in total. The number of aromatic nitrogens is 2. The molecule has 1 heterocycles. The molecule has 108 valence electrons. The number of aryl methyl sites for hydroxylation is 3. The van der Waals surface area contributed by atoms with E-state index in [9.17, 15) is 0 Å². The van der Waals surface area contributed by atoms with Crippen molar-refractivity contribution in [2.45, 2.75) is 40.2 Å². The maximum atomic E-state index is 4.70. The van der Waals surface area contributed by atoms with Crippen LogP contribution in [0.4, 0.5) is 0 Å². The standard InChI is InChI=1S/C17H25N3/c1-6-15-17(16(7-2)20(5)19-15)14-10-12(3)8-9-13(14)11-18-4/h8-10,18H,6-7,11H2,1-5H3. The summed E-state index contributed by atoms with van der Waals surface area (Å²) in [5.41, 5.74) is 7.84. The highest BCUT2D eigenvalue weighted by molar-refractivity contribution is 5.73. The average Bonchev–Trinajstić information content (AvgIpc) is 2.76. The molecule has 0 saturated carbocycles. The molecule has 0 radical (unpaired) electrons. The van der Waals surface area contributed by atoms with Crippen molar-refractivity contribution in [3.05, 3.63) is 40.7 Å². The van der Waals surface area contributed by atoms with Crippen molar-refractivity contribution in [1.29, 1.82) is 0 Å². The molecule has 1 aromatic carbocycles. The summed E-state index contributed by atoms with van der Waals surface area (Å²) < 4.78 is 2.04. The van der Waals surface area contributed by atoms with Crippen LogP contribution in [0, 0.1) is 6.92 Å². The van der Waals surface area contributed by atoms with E-state index in [0.29, 0.717) is 0 Å². The van der Waals surface area contributed by atoms with Gasteiger partial charge in [0.15, 0.2) is 0 Å². The molecule has 0 saturated heterocycles. The highest BCUT2D eigenvalue weighted by atomic mass is 15.3. The van der Waals surface area contributed by atoms with Crippen molar-refractivity contribution in [2.75, 3.05) is 7.05 Å². The predicted octanol–water partition coefficient (Wildman–Crippen LogP) is 3.24. The van der Waals surface area contributed by atoms with Crippen molar-refractivity contribution < 1.29 is 0 Å². The van der Waals surface area contributed by atoms with E-state index in [1.165, 1.54) is 33.6 Å². The molecule has 2 aromatic rings. The van der Waals surface area contributed by atoms with E-state index in [0.717, 1.165) is 19.4 Å². The van der Waals surface area contributed by atoms with Crippen molar-refractivity contribution in [3.8, 4) is 11.1 Å². The first-order valence-electron chi connectivity index (χ1n) is 7.41. The zero-order chi connectivity index (χ0) is 14.7. The molecule has 0 spiro atoms. The first-order valence-corrected chi connectivity index (χ1v) is 7.41. The summed E-state index contributed by atoms with van der Waals surface area (Å²) in [6.45, 7) is 7.42. The molecular weight excluding hydrogens is 246 g/mol. The zero-order valence-corrected chi connectivity index (χ0v) is 13.2. The largest absolute Gasteiger partial charge is 0.316 e. The third-order valence-corrected chi connectivity index (χ3v) is 3.81. The Morgan fingerprint density at radius 2 is 1.95 bits per heavy atom. The first kappa shape index (κ1) is 14.8. The summed E-state index contributed by atoms with van der Waals surface area (Å²) >= 11 is 0. The Labute approximate surface area is 122 Å². The van der Waals surface area contributed by atoms with Gasteiger partial charge in [0.05, 0.1) is 5.69 Å². The van der Waals surface area contributed by atoms with Gasteiger partial charge < -0.3 is 5.32 Å². The second-order valence-corrected chi connectivity index (χ2v) is 5.29. The maximum Gasteiger partial charge on any atom is 0.0703 e. The van der Waals surface area contributed by atoms with Gasteiger partial charge in [-0.2, -0.15) is 5.10 Å². The third kappa shape index (κ3) is 2.63. The van der Waals surface area contributed by atoms with Crippen LogP contribution in [0.15, 0.2) is 18.2 Å². The van der Waals surface area contributed by atoms with Crippen LogP contribution in [0.1, 0.15) is 36.4 Å². The highest BCUT2D eigenvalue weighted by Gasteiger charge is 2.18. The molecule has 0 bridgehead atoms. The monoisotopic (exact) mass is 271 g/mol. The van der Waals surface area contributed by atoms with Gasteiger partial charge in [-0.3, -0.25) is 4.68 Å². The van der Waals surface area contributed by atoms with E-state index in [2.05, 4.69) is 51.3 Å². The summed E-state index contributed by atoms with van der Waals surface area (Å²) in [7, 11) is 4.05. The van der Waals surface area contributed by atoms with Crippen molar-refractivity contribution >= 4 is 0 Å². The molecule has 0 unspecified atom stereocenters. The van der Waals surface area contributed by atoms with Gasteiger partial charge >= 0.3 is 0 Å². The fraction of sp³-hybridized carbons (Fsp3) is 0.471. The molecule has 3 nitrogen and oxygen atoms in total. The minimum atomic E-state index is 0.886. The van der Waals surface area contributed by atoms with Gasteiger partial charge in [0.1, 0.15) is 0 Å². The van der Waals surface area contributed by atoms with Gasteiger partial charge in [-0.25, -0.2) is 0 Å². The molecule has 0 fully saturated rings. The minimum Gasteiger partial charge on any atom is -0.316 e. The average molecular weight is 271 g/mol. The molecule has 0 atom stereocenters. The molecule has 1 aromatic heterocycles. The summed E-state index contributed by atoms with van der Waals surface area (Å²) in [4.78, 5) is 0. The Bertz CT molecular complexity index is 597. The summed E-state index contributed by atoms with van der Waals surface area (Å²) in [5.74, 6) is 0. The molecule has 3 heteroatoms. The normalized spacial score (nSPS) is 11.1. The molecule has 0 amide bonds. The number of rotatable bonds is 5. The predicted molar refractivity (Wildman–Crippen MR) is 84.9 cm³/mol. The summed E-state index contributed by atoms with van der Waals surface area (Å²) in [6, 6.07) is 6.71. The lowest BCUT2D eigenvalue weighted by Crippen LogP contribution is -2.07. The second-order valence-electron chi connectivity index (χ2n) is 5.29. The van der Waals surface area contributed by atoms with Gasteiger partial charge in [-0.15, -0.1) is 0 Å². The Hall–Kier alpha value is -1.61. The van der Waals surface area contributed by atoms with E-state index in [1.54, 1.807) is 0 Å². The lowest BCUT2D eigenvalue weighted by molar-refractivity contribution is 0.705. The van der Waals surface area contributed by atoms with Crippen LogP contribution in [0.25, 0.3) is 11.1 Å². The Kier molecular flexibility index (Phi) is 4.61. The topological polar surface area (TPSA) is 29.9 Å². The van der Waals surface area contributed by atoms with E-state index in [4.69, 9.17) is 5.10 Å². The Morgan fingerprint density at radius 1 is 1.20 bits per heavy atom. The number of hydrogen-bond acceptors (Lipinski definition) is 2. The van der Waals surface area contributed by atoms with Crippen LogP contribution < -0.4 is 5.32 Å². The molecule has 0 aliphatic heterocycles. The number of nitrogens with zero attached hydrogens (tertiary/aromatic N) is 2. The number of benzene rings is 1. The molecule has 0 aliphatic rings. The van der Waals surface area contributed by atoms with Crippen LogP contribution in [-0.4, -0.2) is 16.8 Å². The summed E-state index contributed by atoms with van der Waals surface area (Å²) in [5, 5.41) is 7.97. The lowest BCUT2D eigenvalue weighted by Gasteiger charge is -2.12. The van der Waals surface area contributed by atoms with E-state index >= 15 is 0 Å². The molecule has 20 heavy (non-hydrogen) atoms. The van der Waals surface area contributed by atoms with Crippen LogP contribution in [0.2, 0.25) is 0 Å². The molecule has 2 rings (SSSR count). The maximum absolute atomic E-state index is 4.70. The van der Waals surface area contributed by atoms with Gasteiger partial charge in [0.2, 0.25) is 0 Å². The van der Waals surface area contributed by atoms with Crippen LogP contribution in [-0.2, 0) is 26.4 Å². The zero-order valence-electron chi connectivity index (χ0n) is 13.2. The third-order valence-electron chi connectivity index (χ3n) is 3.81. The van der Waals surface area contributed by atoms with Gasteiger partial charge in [-0.1, -0.05) is 37.6 Å². The van der Waals surface area contributed by atoms with Gasteiger partial charge in [-0.05, 0) is 37.9 Å². The van der Waals surface area contributed by atoms with E-state index < -0.39 is 0 Å².